The summed E-state index contributed by atoms with van der Waals surface area (Å²) in [5, 5.41) is 7.74. The van der Waals surface area contributed by atoms with Gasteiger partial charge >= 0.3 is 12.1 Å². The second kappa shape index (κ2) is 8.03. The van der Waals surface area contributed by atoms with Crippen molar-refractivity contribution in [1.82, 2.24) is 15.2 Å². The van der Waals surface area contributed by atoms with Crippen LogP contribution >= 0.6 is 0 Å². The van der Waals surface area contributed by atoms with Crippen molar-refractivity contribution in [2.75, 3.05) is 6.61 Å². The molecule has 0 fully saturated rings. The Bertz CT molecular complexity index is 962. The standard InChI is InChI=1S/C19H14F3N3O3/c1-2-27-18(26)15-17(23-16(25-24-15)12-6-4-3-5-7-12)28-14-10-8-13(9-11-14)19(20,21)22/h3-11H,2H2,1H3. The van der Waals surface area contributed by atoms with Crippen molar-refractivity contribution in [3.63, 3.8) is 0 Å². The molecular weight excluding hydrogens is 375 g/mol. The molecule has 0 aliphatic rings. The highest BCUT2D eigenvalue weighted by Crippen LogP contribution is 2.32. The zero-order chi connectivity index (χ0) is 20.1. The Labute approximate surface area is 158 Å². The van der Waals surface area contributed by atoms with Crippen molar-refractivity contribution in [3.05, 3.63) is 65.9 Å². The molecule has 1 aromatic heterocycles. The van der Waals surface area contributed by atoms with Crippen LogP contribution in [0, 0.1) is 0 Å². The number of esters is 1. The van der Waals surface area contributed by atoms with Crippen LogP contribution in [-0.4, -0.2) is 27.8 Å². The van der Waals surface area contributed by atoms with Gasteiger partial charge in [0.2, 0.25) is 5.69 Å². The van der Waals surface area contributed by atoms with E-state index in [1.807, 2.05) is 6.07 Å². The summed E-state index contributed by atoms with van der Waals surface area (Å²) in [6, 6.07) is 12.8. The van der Waals surface area contributed by atoms with Crippen LogP contribution < -0.4 is 4.74 Å². The average molecular weight is 389 g/mol. The third-order valence-electron chi connectivity index (χ3n) is 3.55. The smallest absolute Gasteiger partial charge is 0.416 e. The van der Waals surface area contributed by atoms with Gasteiger partial charge in [0.25, 0.3) is 5.88 Å². The minimum Gasteiger partial charge on any atom is -0.461 e. The predicted octanol–water partition coefficient (Wildman–Crippen LogP) is 4.53. The number of halogens is 3. The lowest BCUT2D eigenvalue weighted by molar-refractivity contribution is -0.137. The van der Waals surface area contributed by atoms with E-state index in [4.69, 9.17) is 9.47 Å². The summed E-state index contributed by atoms with van der Waals surface area (Å²) in [4.78, 5) is 16.3. The highest BCUT2D eigenvalue weighted by molar-refractivity contribution is 5.89. The van der Waals surface area contributed by atoms with Crippen LogP contribution in [0.25, 0.3) is 11.4 Å². The third kappa shape index (κ3) is 4.43. The number of benzene rings is 2. The van der Waals surface area contributed by atoms with Gasteiger partial charge in [0.05, 0.1) is 12.2 Å². The number of nitrogens with zero attached hydrogens (tertiary/aromatic N) is 3. The molecule has 6 nitrogen and oxygen atoms in total. The molecule has 28 heavy (non-hydrogen) atoms. The molecule has 0 unspecified atom stereocenters. The maximum Gasteiger partial charge on any atom is 0.416 e. The summed E-state index contributed by atoms with van der Waals surface area (Å²) < 4.78 is 48.6. The molecule has 1 heterocycles. The lowest BCUT2D eigenvalue weighted by atomic mass is 10.2. The van der Waals surface area contributed by atoms with Gasteiger partial charge in [0.1, 0.15) is 5.75 Å². The van der Waals surface area contributed by atoms with Crippen molar-refractivity contribution >= 4 is 5.97 Å². The van der Waals surface area contributed by atoms with E-state index >= 15 is 0 Å². The second-order valence-corrected chi connectivity index (χ2v) is 5.50. The van der Waals surface area contributed by atoms with Gasteiger partial charge in [-0.1, -0.05) is 30.3 Å². The molecule has 9 heteroatoms. The maximum absolute atomic E-state index is 12.7. The first kappa shape index (κ1) is 19.3. The number of carbonyl (C=O) groups excluding carboxylic acids is 1. The summed E-state index contributed by atoms with van der Waals surface area (Å²) in [7, 11) is 0. The fraction of sp³-hybridized carbons (Fsp3) is 0.158. The summed E-state index contributed by atoms with van der Waals surface area (Å²) in [5.74, 6) is -0.773. The van der Waals surface area contributed by atoms with Crippen LogP contribution in [0.1, 0.15) is 23.0 Å². The number of carbonyl (C=O) groups is 1. The zero-order valence-electron chi connectivity index (χ0n) is 14.6. The minimum atomic E-state index is -4.47. The first-order valence-electron chi connectivity index (χ1n) is 8.21. The summed E-state index contributed by atoms with van der Waals surface area (Å²) in [6.07, 6.45) is -4.47. The highest BCUT2D eigenvalue weighted by Gasteiger charge is 2.30. The molecule has 144 valence electrons. The number of aromatic nitrogens is 3. The van der Waals surface area contributed by atoms with Gasteiger partial charge in [-0.25, -0.2) is 4.79 Å². The lowest BCUT2D eigenvalue weighted by Crippen LogP contribution is -2.12. The topological polar surface area (TPSA) is 74.2 Å². The van der Waals surface area contributed by atoms with Crippen molar-refractivity contribution in [2.45, 2.75) is 13.1 Å². The molecule has 0 atom stereocenters. The SMILES string of the molecule is CCOC(=O)c1nnc(-c2ccccc2)nc1Oc1ccc(C(F)(F)F)cc1. The first-order chi connectivity index (χ1) is 13.4. The van der Waals surface area contributed by atoms with Gasteiger partial charge in [0, 0.05) is 5.56 Å². The van der Waals surface area contributed by atoms with Crippen molar-refractivity contribution < 1.29 is 27.4 Å². The fourth-order valence-corrected chi connectivity index (χ4v) is 2.24. The Morgan fingerprint density at radius 2 is 1.68 bits per heavy atom. The van der Waals surface area contributed by atoms with Crippen molar-refractivity contribution in [2.24, 2.45) is 0 Å². The monoisotopic (exact) mass is 389 g/mol. The Morgan fingerprint density at radius 3 is 2.29 bits per heavy atom. The van der Waals surface area contributed by atoms with Crippen molar-refractivity contribution in [3.8, 4) is 23.0 Å². The van der Waals surface area contributed by atoms with E-state index < -0.39 is 17.7 Å². The number of ether oxygens (including phenoxy) is 2. The first-order valence-corrected chi connectivity index (χ1v) is 8.21. The molecule has 0 bridgehead atoms. The molecule has 2 aromatic carbocycles. The van der Waals surface area contributed by atoms with Crippen LogP contribution in [0.5, 0.6) is 11.6 Å². The molecule has 0 aliphatic heterocycles. The normalized spacial score (nSPS) is 11.1. The quantitative estimate of drug-likeness (QED) is 0.597. The van der Waals surface area contributed by atoms with Crippen LogP contribution in [-0.2, 0) is 10.9 Å². The molecule has 0 spiro atoms. The Balaban J connectivity index is 1.97. The molecule has 0 saturated heterocycles. The zero-order valence-corrected chi connectivity index (χ0v) is 14.6. The van der Waals surface area contributed by atoms with Gasteiger partial charge < -0.3 is 9.47 Å². The number of rotatable bonds is 5. The second-order valence-electron chi connectivity index (χ2n) is 5.50. The van der Waals surface area contributed by atoms with E-state index in [0.29, 0.717) is 5.56 Å². The van der Waals surface area contributed by atoms with Gasteiger partial charge in [0.15, 0.2) is 5.82 Å². The van der Waals surface area contributed by atoms with E-state index in [0.717, 1.165) is 24.3 Å². The van der Waals surface area contributed by atoms with E-state index in [2.05, 4.69) is 15.2 Å². The molecule has 0 aliphatic carbocycles. The van der Waals surface area contributed by atoms with Crippen LogP contribution in [0.2, 0.25) is 0 Å². The molecule has 0 radical (unpaired) electrons. The molecular formula is C19H14F3N3O3. The van der Waals surface area contributed by atoms with Gasteiger partial charge in [-0.15, -0.1) is 10.2 Å². The van der Waals surface area contributed by atoms with Crippen molar-refractivity contribution in [1.29, 1.82) is 0 Å². The molecule has 3 aromatic rings. The van der Waals surface area contributed by atoms with Gasteiger partial charge in [-0.3, -0.25) is 0 Å². The molecule has 0 amide bonds. The maximum atomic E-state index is 12.7. The minimum absolute atomic E-state index is 0.0538. The number of hydrogen-bond acceptors (Lipinski definition) is 6. The lowest BCUT2D eigenvalue weighted by Gasteiger charge is -2.11. The van der Waals surface area contributed by atoms with E-state index in [1.165, 1.54) is 0 Å². The Morgan fingerprint density at radius 1 is 1.00 bits per heavy atom. The summed E-state index contributed by atoms with van der Waals surface area (Å²) in [6.45, 7) is 1.72. The Kier molecular flexibility index (Phi) is 5.53. The summed E-state index contributed by atoms with van der Waals surface area (Å²) >= 11 is 0. The largest absolute Gasteiger partial charge is 0.461 e. The predicted molar refractivity (Wildman–Crippen MR) is 92.7 cm³/mol. The van der Waals surface area contributed by atoms with Crippen LogP contribution in [0.3, 0.4) is 0 Å². The van der Waals surface area contributed by atoms with Crippen LogP contribution in [0.15, 0.2) is 54.6 Å². The fourth-order valence-electron chi connectivity index (χ4n) is 2.24. The molecule has 0 saturated carbocycles. The average Bonchev–Trinajstić information content (AvgIpc) is 2.68. The highest BCUT2D eigenvalue weighted by atomic mass is 19.4. The summed E-state index contributed by atoms with van der Waals surface area (Å²) in [5.41, 5.74) is -0.472. The van der Waals surface area contributed by atoms with E-state index in [1.54, 1.807) is 31.2 Å². The van der Waals surface area contributed by atoms with E-state index in [-0.39, 0.29) is 29.8 Å². The van der Waals surface area contributed by atoms with Gasteiger partial charge in [-0.05, 0) is 31.2 Å². The van der Waals surface area contributed by atoms with Crippen LogP contribution in [0.4, 0.5) is 13.2 Å². The third-order valence-corrected chi connectivity index (χ3v) is 3.55. The number of hydrogen-bond donors (Lipinski definition) is 0. The van der Waals surface area contributed by atoms with E-state index in [9.17, 15) is 18.0 Å². The molecule has 3 rings (SSSR count). The number of alkyl halides is 3. The van der Waals surface area contributed by atoms with Gasteiger partial charge in [-0.2, -0.15) is 18.2 Å². The Hall–Kier alpha value is -3.49. The molecule has 0 N–H and O–H groups in total.